The van der Waals surface area contributed by atoms with E-state index in [9.17, 15) is 14.3 Å². The molecule has 0 radical (unpaired) electrons. The molecule has 0 aliphatic rings. The molecule has 2 aromatic carbocycles. The first-order valence-electron chi connectivity index (χ1n) is 8.36. The predicted molar refractivity (Wildman–Crippen MR) is 101 cm³/mol. The zero-order valence-electron chi connectivity index (χ0n) is 14.5. The number of fused-ring (bicyclic) bond motifs is 1. The molecule has 28 heavy (non-hydrogen) atoms. The molecule has 0 amide bonds. The summed E-state index contributed by atoms with van der Waals surface area (Å²) in [6.07, 6.45) is 3.36. The number of nitrogens with zero attached hydrogens (tertiary/aromatic N) is 3. The second-order valence-corrected chi connectivity index (χ2v) is 6.10. The molecule has 2 heterocycles. The SMILES string of the molecule is Nc1nc2ccc(F)cc2cc1OCc1cc(C(=O)O)ccc1-n1cccn1. The van der Waals surface area contributed by atoms with E-state index in [0.29, 0.717) is 22.2 Å². The first-order chi connectivity index (χ1) is 13.5. The number of carboxylic acids is 1. The Morgan fingerprint density at radius 3 is 2.82 bits per heavy atom. The molecule has 2 aromatic heterocycles. The molecule has 8 heteroatoms. The fourth-order valence-electron chi connectivity index (χ4n) is 2.88. The lowest BCUT2D eigenvalue weighted by molar-refractivity contribution is 0.0696. The van der Waals surface area contributed by atoms with Gasteiger partial charge in [0, 0.05) is 23.3 Å². The van der Waals surface area contributed by atoms with Crippen LogP contribution in [0.25, 0.3) is 16.6 Å². The summed E-state index contributed by atoms with van der Waals surface area (Å²) in [5.74, 6) is -0.991. The van der Waals surface area contributed by atoms with Gasteiger partial charge in [-0.15, -0.1) is 0 Å². The zero-order chi connectivity index (χ0) is 19.7. The Kier molecular flexibility index (Phi) is 4.36. The summed E-state index contributed by atoms with van der Waals surface area (Å²) in [6.45, 7) is 0.0308. The van der Waals surface area contributed by atoms with Crippen molar-refractivity contribution in [3.63, 3.8) is 0 Å². The van der Waals surface area contributed by atoms with E-state index < -0.39 is 5.97 Å². The van der Waals surface area contributed by atoms with E-state index in [1.54, 1.807) is 35.3 Å². The molecule has 0 aliphatic carbocycles. The summed E-state index contributed by atoms with van der Waals surface area (Å²) in [7, 11) is 0. The van der Waals surface area contributed by atoms with Gasteiger partial charge < -0.3 is 15.6 Å². The Bertz CT molecular complexity index is 1180. The van der Waals surface area contributed by atoms with Crippen LogP contribution in [0.3, 0.4) is 0 Å². The number of benzene rings is 2. The lowest BCUT2D eigenvalue weighted by Gasteiger charge is -2.13. The van der Waals surface area contributed by atoms with Gasteiger partial charge in [-0.1, -0.05) is 0 Å². The van der Waals surface area contributed by atoms with Gasteiger partial charge in [-0.3, -0.25) is 0 Å². The lowest BCUT2D eigenvalue weighted by atomic mass is 10.1. The third-order valence-corrected chi connectivity index (χ3v) is 4.23. The molecule has 0 spiro atoms. The van der Waals surface area contributed by atoms with Crippen LogP contribution in [0.5, 0.6) is 5.75 Å². The number of hydrogen-bond acceptors (Lipinski definition) is 5. The van der Waals surface area contributed by atoms with Gasteiger partial charge in [0.1, 0.15) is 12.4 Å². The number of carboxylic acid groups (broad SMARTS) is 1. The molecule has 0 aliphatic heterocycles. The standard InChI is InChI=1S/C20H15FN4O3/c21-15-3-4-16-13(9-15)10-18(19(22)24-16)28-11-14-8-12(20(26)27)2-5-17(14)25-7-1-6-23-25/h1-10H,11H2,(H2,22,24)(H,26,27). The van der Waals surface area contributed by atoms with Crippen molar-refractivity contribution in [1.82, 2.24) is 14.8 Å². The molecule has 0 saturated heterocycles. The molecular formula is C20H15FN4O3. The van der Waals surface area contributed by atoms with Crippen LogP contribution in [0.2, 0.25) is 0 Å². The van der Waals surface area contributed by atoms with Crippen molar-refractivity contribution in [2.24, 2.45) is 0 Å². The predicted octanol–water partition coefficient (Wildman–Crippen LogP) is 3.42. The average molecular weight is 378 g/mol. The number of anilines is 1. The van der Waals surface area contributed by atoms with E-state index >= 15 is 0 Å². The zero-order valence-corrected chi connectivity index (χ0v) is 14.5. The molecule has 7 nitrogen and oxygen atoms in total. The Balaban J connectivity index is 1.69. The van der Waals surface area contributed by atoms with Gasteiger partial charge in [-0.25, -0.2) is 18.9 Å². The summed E-state index contributed by atoms with van der Waals surface area (Å²) in [6, 6.07) is 12.2. The number of ether oxygens (including phenoxy) is 1. The minimum Gasteiger partial charge on any atom is -0.485 e. The number of carbonyl (C=O) groups is 1. The molecule has 140 valence electrons. The van der Waals surface area contributed by atoms with Crippen molar-refractivity contribution in [3.8, 4) is 11.4 Å². The van der Waals surface area contributed by atoms with Crippen LogP contribution in [-0.2, 0) is 6.61 Å². The van der Waals surface area contributed by atoms with Crippen LogP contribution in [0.15, 0.2) is 60.9 Å². The number of halogens is 1. The monoisotopic (exact) mass is 378 g/mol. The molecular weight excluding hydrogens is 363 g/mol. The average Bonchev–Trinajstić information content (AvgIpc) is 3.21. The minimum atomic E-state index is -1.05. The fraction of sp³-hybridized carbons (Fsp3) is 0.0500. The number of rotatable bonds is 5. The highest BCUT2D eigenvalue weighted by Crippen LogP contribution is 2.27. The highest BCUT2D eigenvalue weighted by Gasteiger charge is 2.13. The van der Waals surface area contributed by atoms with E-state index in [4.69, 9.17) is 10.5 Å². The Morgan fingerprint density at radius 2 is 2.07 bits per heavy atom. The molecule has 3 N–H and O–H groups in total. The van der Waals surface area contributed by atoms with Crippen molar-refractivity contribution >= 4 is 22.7 Å². The molecule has 4 rings (SSSR count). The summed E-state index contributed by atoms with van der Waals surface area (Å²) < 4.78 is 20.9. The van der Waals surface area contributed by atoms with E-state index in [-0.39, 0.29) is 29.6 Å². The number of pyridine rings is 1. The van der Waals surface area contributed by atoms with Crippen molar-refractivity contribution in [1.29, 1.82) is 0 Å². The fourth-order valence-corrected chi connectivity index (χ4v) is 2.88. The van der Waals surface area contributed by atoms with Gasteiger partial charge >= 0.3 is 5.97 Å². The van der Waals surface area contributed by atoms with Crippen LogP contribution < -0.4 is 10.5 Å². The smallest absolute Gasteiger partial charge is 0.335 e. The van der Waals surface area contributed by atoms with E-state index in [1.807, 2.05) is 0 Å². The first-order valence-corrected chi connectivity index (χ1v) is 8.36. The quantitative estimate of drug-likeness (QED) is 0.552. The largest absolute Gasteiger partial charge is 0.485 e. The lowest BCUT2D eigenvalue weighted by Crippen LogP contribution is -2.08. The third kappa shape index (κ3) is 3.35. The highest BCUT2D eigenvalue weighted by molar-refractivity contribution is 5.88. The Hall–Kier alpha value is -3.94. The Labute approximate surface area is 158 Å². The minimum absolute atomic E-state index is 0.0308. The van der Waals surface area contributed by atoms with Crippen molar-refractivity contribution in [2.45, 2.75) is 6.61 Å². The normalized spacial score (nSPS) is 10.9. The molecule has 0 fully saturated rings. The van der Waals surface area contributed by atoms with Gasteiger partial charge in [0.05, 0.1) is 16.8 Å². The highest BCUT2D eigenvalue weighted by atomic mass is 19.1. The van der Waals surface area contributed by atoms with Crippen LogP contribution in [0.4, 0.5) is 10.2 Å². The van der Waals surface area contributed by atoms with Gasteiger partial charge in [-0.05, 0) is 48.5 Å². The molecule has 0 unspecified atom stereocenters. The third-order valence-electron chi connectivity index (χ3n) is 4.23. The number of aromatic nitrogens is 3. The molecule has 4 aromatic rings. The first kappa shape index (κ1) is 17.5. The maximum atomic E-state index is 13.5. The van der Waals surface area contributed by atoms with Crippen molar-refractivity contribution in [3.05, 3.63) is 77.9 Å². The topological polar surface area (TPSA) is 103 Å². The van der Waals surface area contributed by atoms with Crippen molar-refractivity contribution < 1.29 is 19.0 Å². The molecule has 0 atom stereocenters. The summed E-state index contributed by atoms with van der Waals surface area (Å²) in [5.41, 5.74) is 7.91. The van der Waals surface area contributed by atoms with E-state index in [2.05, 4.69) is 10.1 Å². The molecule has 0 bridgehead atoms. The number of aromatic carboxylic acids is 1. The van der Waals surface area contributed by atoms with Gasteiger partial charge in [0.2, 0.25) is 0 Å². The van der Waals surface area contributed by atoms with E-state index in [1.165, 1.54) is 30.3 Å². The maximum Gasteiger partial charge on any atom is 0.335 e. The van der Waals surface area contributed by atoms with Gasteiger partial charge in [0.15, 0.2) is 11.6 Å². The van der Waals surface area contributed by atoms with Crippen LogP contribution >= 0.6 is 0 Å². The summed E-state index contributed by atoms with van der Waals surface area (Å²) in [4.78, 5) is 15.6. The molecule has 0 saturated carbocycles. The Morgan fingerprint density at radius 1 is 1.21 bits per heavy atom. The summed E-state index contributed by atoms with van der Waals surface area (Å²) in [5, 5.41) is 14.0. The van der Waals surface area contributed by atoms with Crippen LogP contribution in [0, 0.1) is 5.82 Å². The summed E-state index contributed by atoms with van der Waals surface area (Å²) >= 11 is 0. The van der Waals surface area contributed by atoms with Crippen LogP contribution in [-0.4, -0.2) is 25.8 Å². The second kappa shape index (κ2) is 6.99. The van der Waals surface area contributed by atoms with E-state index in [0.717, 1.165) is 0 Å². The number of nitrogens with two attached hydrogens (primary N) is 1. The van der Waals surface area contributed by atoms with Gasteiger partial charge in [0.25, 0.3) is 0 Å². The van der Waals surface area contributed by atoms with Gasteiger partial charge in [-0.2, -0.15) is 5.10 Å². The second-order valence-electron chi connectivity index (χ2n) is 6.10. The van der Waals surface area contributed by atoms with Crippen molar-refractivity contribution in [2.75, 3.05) is 5.73 Å². The maximum absolute atomic E-state index is 13.5. The number of hydrogen-bond donors (Lipinski definition) is 2. The van der Waals surface area contributed by atoms with Crippen LogP contribution in [0.1, 0.15) is 15.9 Å². The number of nitrogen functional groups attached to an aromatic ring is 1.